The van der Waals surface area contributed by atoms with Crippen molar-refractivity contribution in [1.29, 1.82) is 0 Å². The van der Waals surface area contributed by atoms with E-state index in [4.69, 9.17) is 0 Å². The Kier molecular flexibility index (Phi) is 3.03. The van der Waals surface area contributed by atoms with Gasteiger partial charge in [0.1, 0.15) is 5.92 Å². The van der Waals surface area contributed by atoms with Crippen LogP contribution in [0.3, 0.4) is 0 Å². The lowest BCUT2D eigenvalue weighted by Crippen LogP contribution is -2.29. The largest absolute Gasteiger partial charge is 0.320 e. The second-order valence-electron chi connectivity index (χ2n) is 4.69. The molecule has 0 spiro atoms. The standard InChI is InChI=1S/C13H5BrN2O6/c14-5-1-2-6-7(3-5)12(17)11-10(6)8(15(19)20)4-9(13(11)18)16(21)22/h1-4,11H. The van der Waals surface area contributed by atoms with Gasteiger partial charge in [-0.05, 0) is 17.7 Å². The van der Waals surface area contributed by atoms with Gasteiger partial charge in [-0.2, -0.15) is 0 Å². The molecular weight excluding hydrogens is 360 g/mol. The summed E-state index contributed by atoms with van der Waals surface area (Å²) in [5.74, 6) is -3.21. The first kappa shape index (κ1) is 14.3. The third-order valence-electron chi connectivity index (χ3n) is 3.55. The van der Waals surface area contributed by atoms with E-state index < -0.39 is 38.7 Å². The summed E-state index contributed by atoms with van der Waals surface area (Å²) in [5, 5.41) is 22.1. The molecule has 8 nitrogen and oxygen atoms in total. The first-order valence-electron chi connectivity index (χ1n) is 5.96. The Balaban J connectivity index is 2.36. The van der Waals surface area contributed by atoms with Crippen molar-refractivity contribution in [3.8, 4) is 0 Å². The summed E-state index contributed by atoms with van der Waals surface area (Å²) in [6.45, 7) is 0. The number of benzene rings is 1. The highest BCUT2D eigenvalue weighted by molar-refractivity contribution is 9.10. The van der Waals surface area contributed by atoms with E-state index in [1.54, 1.807) is 6.07 Å². The molecular formula is C13H5BrN2O6. The molecule has 1 aromatic carbocycles. The molecule has 0 amide bonds. The number of carbonyl (C=O) groups excluding carboxylic acids is 2. The minimum Gasteiger partial charge on any atom is -0.293 e. The summed E-state index contributed by atoms with van der Waals surface area (Å²) in [7, 11) is 0. The first-order chi connectivity index (χ1) is 10.3. The topological polar surface area (TPSA) is 120 Å². The van der Waals surface area contributed by atoms with Crippen molar-refractivity contribution >= 4 is 33.1 Å². The maximum atomic E-state index is 12.4. The van der Waals surface area contributed by atoms with Crippen molar-refractivity contribution in [1.82, 2.24) is 0 Å². The zero-order valence-electron chi connectivity index (χ0n) is 10.6. The second kappa shape index (κ2) is 4.67. The smallest absolute Gasteiger partial charge is 0.293 e. The minimum absolute atomic E-state index is 0.0758. The highest BCUT2D eigenvalue weighted by Gasteiger charge is 2.51. The van der Waals surface area contributed by atoms with Gasteiger partial charge in [0.05, 0.1) is 21.5 Å². The number of carbonyl (C=O) groups is 2. The monoisotopic (exact) mass is 364 g/mol. The van der Waals surface area contributed by atoms with Crippen molar-refractivity contribution in [2.75, 3.05) is 0 Å². The van der Waals surface area contributed by atoms with Crippen LogP contribution >= 0.6 is 15.9 Å². The van der Waals surface area contributed by atoms with E-state index in [0.29, 0.717) is 10.5 Å². The first-order valence-corrected chi connectivity index (χ1v) is 6.75. The Hall–Kier alpha value is -2.68. The van der Waals surface area contributed by atoms with Crippen LogP contribution in [0.25, 0.3) is 5.57 Å². The minimum atomic E-state index is -1.52. The van der Waals surface area contributed by atoms with Crippen molar-refractivity contribution in [2.24, 2.45) is 5.92 Å². The Morgan fingerprint density at radius 2 is 1.68 bits per heavy atom. The number of rotatable bonds is 2. The Bertz CT molecular complexity index is 854. The van der Waals surface area contributed by atoms with E-state index in [0.717, 1.165) is 0 Å². The van der Waals surface area contributed by atoms with Gasteiger partial charge in [-0.25, -0.2) is 0 Å². The van der Waals surface area contributed by atoms with E-state index >= 15 is 0 Å². The predicted molar refractivity (Wildman–Crippen MR) is 76.0 cm³/mol. The number of nitrogens with zero attached hydrogens (tertiary/aromatic N) is 2. The Morgan fingerprint density at radius 1 is 1.00 bits per heavy atom. The number of fused-ring (bicyclic) bond motifs is 3. The molecule has 0 aliphatic heterocycles. The van der Waals surface area contributed by atoms with Crippen LogP contribution < -0.4 is 0 Å². The third-order valence-corrected chi connectivity index (χ3v) is 4.04. The summed E-state index contributed by atoms with van der Waals surface area (Å²) in [5.41, 5.74) is -1.21. The summed E-state index contributed by atoms with van der Waals surface area (Å²) in [6, 6.07) is 4.50. The molecule has 0 N–H and O–H groups in total. The van der Waals surface area contributed by atoms with Gasteiger partial charge < -0.3 is 0 Å². The third kappa shape index (κ3) is 1.82. The lowest BCUT2D eigenvalue weighted by molar-refractivity contribution is -0.431. The fraction of sp³-hybridized carbons (Fsp3) is 0.0769. The molecule has 0 aromatic heterocycles. The molecule has 0 bridgehead atoms. The molecule has 9 heteroatoms. The lowest BCUT2D eigenvalue weighted by atomic mass is 9.87. The summed E-state index contributed by atoms with van der Waals surface area (Å²) < 4.78 is 0.566. The molecule has 110 valence electrons. The average molecular weight is 365 g/mol. The molecule has 0 fully saturated rings. The maximum Gasteiger partial charge on any atom is 0.320 e. The van der Waals surface area contributed by atoms with Crippen molar-refractivity contribution in [3.05, 3.63) is 71.5 Å². The maximum absolute atomic E-state index is 12.4. The molecule has 1 aromatic rings. The van der Waals surface area contributed by atoms with E-state index in [9.17, 15) is 29.8 Å². The van der Waals surface area contributed by atoms with Crippen molar-refractivity contribution < 1.29 is 19.4 Å². The van der Waals surface area contributed by atoms with Crippen LogP contribution in [0.2, 0.25) is 0 Å². The van der Waals surface area contributed by atoms with E-state index in [1.165, 1.54) is 12.1 Å². The van der Waals surface area contributed by atoms with Crippen LogP contribution in [-0.2, 0) is 4.79 Å². The second-order valence-corrected chi connectivity index (χ2v) is 5.61. The van der Waals surface area contributed by atoms with Gasteiger partial charge in [0.25, 0.3) is 5.70 Å². The lowest BCUT2D eigenvalue weighted by Gasteiger charge is -2.12. The quantitative estimate of drug-likeness (QED) is 0.449. The van der Waals surface area contributed by atoms with E-state index in [2.05, 4.69) is 15.9 Å². The Labute approximate surface area is 130 Å². The molecule has 1 atom stereocenters. The average Bonchev–Trinajstić information content (AvgIpc) is 2.72. The number of nitro groups is 2. The summed E-state index contributed by atoms with van der Waals surface area (Å²) >= 11 is 3.18. The normalized spacial score (nSPS) is 19.7. The highest BCUT2D eigenvalue weighted by atomic mass is 79.9. The number of hydrogen-bond acceptors (Lipinski definition) is 6. The molecule has 22 heavy (non-hydrogen) atoms. The fourth-order valence-electron chi connectivity index (χ4n) is 2.65. The highest BCUT2D eigenvalue weighted by Crippen LogP contribution is 2.44. The summed E-state index contributed by atoms with van der Waals surface area (Å²) in [4.78, 5) is 44.9. The Morgan fingerprint density at radius 3 is 2.27 bits per heavy atom. The van der Waals surface area contributed by atoms with Gasteiger partial charge in [0, 0.05) is 10.0 Å². The van der Waals surface area contributed by atoms with Crippen molar-refractivity contribution in [2.45, 2.75) is 0 Å². The molecule has 0 radical (unpaired) electrons. The van der Waals surface area contributed by atoms with Crippen LogP contribution in [0.5, 0.6) is 0 Å². The SMILES string of the molecule is O=C1C([N+](=O)[O-])=CC([N+](=O)[O-])=C2c3ccc(Br)cc3C(=O)C12. The number of hydrogen-bond donors (Lipinski definition) is 0. The molecule has 3 rings (SSSR count). The van der Waals surface area contributed by atoms with Gasteiger partial charge in [-0.15, -0.1) is 0 Å². The van der Waals surface area contributed by atoms with Crippen LogP contribution in [0, 0.1) is 26.1 Å². The molecule has 0 heterocycles. The van der Waals surface area contributed by atoms with Gasteiger partial charge in [-0.3, -0.25) is 29.8 Å². The predicted octanol–water partition coefficient (Wildman–Crippen LogP) is 1.99. The molecule has 0 saturated carbocycles. The number of ketones is 2. The zero-order chi connectivity index (χ0) is 16.2. The van der Waals surface area contributed by atoms with Crippen LogP contribution in [0.4, 0.5) is 0 Å². The molecule has 1 unspecified atom stereocenters. The number of halogens is 1. The van der Waals surface area contributed by atoms with Crippen LogP contribution in [0.1, 0.15) is 15.9 Å². The van der Waals surface area contributed by atoms with Gasteiger partial charge in [0.15, 0.2) is 5.78 Å². The fourth-order valence-corrected chi connectivity index (χ4v) is 3.01. The van der Waals surface area contributed by atoms with Gasteiger partial charge in [0.2, 0.25) is 5.78 Å². The van der Waals surface area contributed by atoms with Gasteiger partial charge >= 0.3 is 5.70 Å². The molecule has 0 saturated heterocycles. The zero-order valence-corrected chi connectivity index (χ0v) is 12.2. The summed E-state index contributed by atoms with van der Waals surface area (Å²) in [6.07, 6.45) is 0.624. The molecule has 2 aliphatic rings. The number of allylic oxidation sites excluding steroid dienone is 3. The van der Waals surface area contributed by atoms with E-state index in [1.807, 2.05) is 0 Å². The van der Waals surface area contributed by atoms with Crippen LogP contribution in [0.15, 0.2) is 40.1 Å². The number of Topliss-reactive ketones (excluding diaryl/α,β-unsaturated/α-hetero) is 2. The van der Waals surface area contributed by atoms with Gasteiger partial charge in [-0.1, -0.05) is 22.0 Å². The van der Waals surface area contributed by atoms with E-state index in [-0.39, 0.29) is 16.7 Å². The van der Waals surface area contributed by atoms with Crippen molar-refractivity contribution in [3.63, 3.8) is 0 Å². The van der Waals surface area contributed by atoms with Crippen LogP contribution in [-0.4, -0.2) is 21.4 Å². The molecule has 2 aliphatic carbocycles.